The van der Waals surface area contributed by atoms with Gasteiger partial charge in [0, 0.05) is 0 Å². The summed E-state index contributed by atoms with van der Waals surface area (Å²) in [7, 11) is 0. The number of amides is 3. The molecule has 0 bridgehead atoms. The number of hydrogen-bond donors (Lipinski definition) is 3. The fraction of sp³-hybridized carbons (Fsp3) is 0.308. The largest absolute Gasteiger partial charge is 0.460 e. The lowest BCUT2D eigenvalue weighted by atomic mass is 10.2. The molecule has 0 aliphatic carbocycles. The van der Waals surface area contributed by atoms with Gasteiger partial charge in [0.05, 0.1) is 0 Å². The molecule has 7 heteroatoms. The molecule has 1 aromatic carbocycles. The van der Waals surface area contributed by atoms with Crippen LogP contribution in [0.1, 0.15) is 12.5 Å². The summed E-state index contributed by atoms with van der Waals surface area (Å²) in [6, 6.07) is 7.56. The van der Waals surface area contributed by atoms with Gasteiger partial charge in [0.15, 0.2) is 0 Å². The van der Waals surface area contributed by atoms with Crippen LogP contribution < -0.4 is 16.4 Å². The van der Waals surface area contributed by atoms with Gasteiger partial charge in [-0.3, -0.25) is 9.59 Å². The van der Waals surface area contributed by atoms with Gasteiger partial charge in [-0.25, -0.2) is 4.79 Å². The summed E-state index contributed by atoms with van der Waals surface area (Å²) in [6.45, 7) is 1.33. The van der Waals surface area contributed by atoms with Crippen LogP contribution in [0.15, 0.2) is 30.3 Å². The van der Waals surface area contributed by atoms with E-state index in [0.29, 0.717) is 0 Å². The molecule has 20 heavy (non-hydrogen) atoms. The number of nitrogens with two attached hydrogens (primary N) is 1. The van der Waals surface area contributed by atoms with E-state index < -0.39 is 23.9 Å². The first-order valence-corrected chi connectivity index (χ1v) is 6.02. The summed E-state index contributed by atoms with van der Waals surface area (Å²) in [5.74, 6) is -1.08. The Morgan fingerprint density at radius 3 is 2.50 bits per heavy atom. The molecule has 1 rings (SSSR count). The maximum atomic E-state index is 11.5. The highest BCUT2D eigenvalue weighted by Crippen LogP contribution is 2.00. The van der Waals surface area contributed by atoms with Gasteiger partial charge >= 0.3 is 12.0 Å². The van der Waals surface area contributed by atoms with E-state index in [1.54, 1.807) is 0 Å². The number of rotatable bonds is 6. The highest BCUT2D eigenvalue weighted by atomic mass is 16.5. The van der Waals surface area contributed by atoms with Crippen molar-refractivity contribution in [2.24, 2.45) is 5.73 Å². The monoisotopic (exact) mass is 279 g/mol. The molecule has 1 aromatic rings. The number of ether oxygens (including phenoxy) is 1. The predicted octanol–water partition coefficient (Wildman–Crippen LogP) is -0.0972. The Bertz CT molecular complexity index is 476. The fourth-order valence-electron chi connectivity index (χ4n) is 1.38. The molecule has 3 amide bonds. The Morgan fingerprint density at radius 1 is 1.25 bits per heavy atom. The Hall–Kier alpha value is -2.57. The van der Waals surface area contributed by atoms with Gasteiger partial charge in [-0.1, -0.05) is 30.3 Å². The van der Waals surface area contributed by atoms with E-state index in [9.17, 15) is 14.4 Å². The summed E-state index contributed by atoms with van der Waals surface area (Å²) >= 11 is 0. The van der Waals surface area contributed by atoms with Gasteiger partial charge in [-0.15, -0.1) is 0 Å². The van der Waals surface area contributed by atoms with Crippen molar-refractivity contribution in [1.29, 1.82) is 0 Å². The van der Waals surface area contributed by atoms with Crippen molar-refractivity contribution in [2.45, 2.75) is 19.6 Å². The second kappa shape index (κ2) is 7.78. The molecule has 0 heterocycles. The smallest absolute Gasteiger partial charge is 0.325 e. The summed E-state index contributed by atoms with van der Waals surface area (Å²) in [5, 5.41) is 4.54. The van der Waals surface area contributed by atoms with Crippen molar-refractivity contribution in [1.82, 2.24) is 10.6 Å². The molecule has 0 aliphatic rings. The molecule has 0 spiro atoms. The number of carbonyl (C=O) groups excluding carboxylic acids is 3. The molecule has 0 aromatic heterocycles. The average Bonchev–Trinajstić information content (AvgIpc) is 2.42. The standard InChI is InChI=1S/C13H17N3O4/c1-9(16-13(14)19)12(18)15-7-11(17)20-8-10-5-3-2-4-6-10/h2-6,9H,7-8H2,1H3,(H,15,18)(H3,14,16,19)/t9-/m1/s1. The zero-order chi connectivity index (χ0) is 15.0. The van der Waals surface area contributed by atoms with Crippen LogP contribution in [0.3, 0.4) is 0 Å². The zero-order valence-electron chi connectivity index (χ0n) is 11.1. The molecule has 4 N–H and O–H groups in total. The molecular formula is C13H17N3O4. The fourth-order valence-corrected chi connectivity index (χ4v) is 1.38. The van der Waals surface area contributed by atoms with Crippen molar-refractivity contribution in [3.63, 3.8) is 0 Å². The van der Waals surface area contributed by atoms with Crippen LogP contribution in [-0.2, 0) is 20.9 Å². The molecule has 0 unspecified atom stereocenters. The van der Waals surface area contributed by atoms with Crippen molar-refractivity contribution in [3.05, 3.63) is 35.9 Å². The molecule has 0 saturated carbocycles. The molecule has 108 valence electrons. The van der Waals surface area contributed by atoms with E-state index in [0.717, 1.165) is 5.56 Å². The second-order valence-electron chi connectivity index (χ2n) is 4.09. The maximum absolute atomic E-state index is 11.5. The van der Waals surface area contributed by atoms with Crippen molar-refractivity contribution in [3.8, 4) is 0 Å². The van der Waals surface area contributed by atoms with Gasteiger partial charge in [-0.2, -0.15) is 0 Å². The number of hydrogen-bond acceptors (Lipinski definition) is 4. The lowest BCUT2D eigenvalue weighted by Crippen LogP contribution is -2.47. The van der Waals surface area contributed by atoms with Crippen LogP contribution in [0.2, 0.25) is 0 Å². The van der Waals surface area contributed by atoms with Crippen molar-refractivity contribution >= 4 is 17.9 Å². The molecule has 0 fully saturated rings. The molecule has 0 saturated heterocycles. The normalized spacial score (nSPS) is 11.2. The van der Waals surface area contributed by atoms with Crippen LogP contribution in [-0.4, -0.2) is 30.5 Å². The number of primary amides is 1. The highest BCUT2D eigenvalue weighted by Gasteiger charge is 2.15. The number of nitrogens with one attached hydrogen (secondary N) is 2. The number of urea groups is 1. The Balaban J connectivity index is 2.26. The minimum atomic E-state index is -0.811. The molecule has 0 aliphatic heterocycles. The first-order valence-electron chi connectivity index (χ1n) is 6.02. The summed E-state index contributed by atoms with van der Waals surface area (Å²) in [6.07, 6.45) is 0. The first-order chi connectivity index (χ1) is 9.49. The van der Waals surface area contributed by atoms with Crippen LogP contribution >= 0.6 is 0 Å². The lowest BCUT2D eigenvalue weighted by molar-refractivity contribution is -0.145. The SMILES string of the molecule is C[C@@H](NC(N)=O)C(=O)NCC(=O)OCc1ccccc1. The number of esters is 1. The molecular weight excluding hydrogens is 262 g/mol. The summed E-state index contributed by atoms with van der Waals surface area (Å²) < 4.78 is 4.97. The third-order valence-electron chi connectivity index (χ3n) is 2.40. The van der Waals surface area contributed by atoms with Gasteiger partial charge in [0.2, 0.25) is 5.91 Å². The van der Waals surface area contributed by atoms with Crippen molar-refractivity contribution in [2.75, 3.05) is 6.54 Å². The third-order valence-corrected chi connectivity index (χ3v) is 2.40. The lowest BCUT2D eigenvalue weighted by Gasteiger charge is -2.12. The Labute approximate surface area is 116 Å². The van der Waals surface area contributed by atoms with E-state index in [1.807, 2.05) is 30.3 Å². The van der Waals surface area contributed by atoms with Crippen LogP contribution in [0, 0.1) is 0 Å². The Morgan fingerprint density at radius 2 is 1.90 bits per heavy atom. The minimum absolute atomic E-state index is 0.143. The second-order valence-corrected chi connectivity index (χ2v) is 4.09. The molecule has 7 nitrogen and oxygen atoms in total. The first kappa shape index (κ1) is 15.5. The van der Waals surface area contributed by atoms with E-state index >= 15 is 0 Å². The minimum Gasteiger partial charge on any atom is -0.460 e. The topological polar surface area (TPSA) is 111 Å². The van der Waals surface area contributed by atoms with Gasteiger partial charge in [0.25, 0.3) is 0 Å². The summed E-state index contributed by atoms with van der Waals surface area (Å²) in [4.78, 5) is 33.4. The van der Waals surface area contributed by atoms with Crippen LogP contribution in [0.5, 0.6) is 0 Å². The van der Waals surface area contributed by atoms with Gasteiger partial charge < -0.3 is 21.1 Å². The number of benzene rings is 1. The van der Waals surface area contributed by atoms with Crippen LogP contribution in [0.25, 0.3) is 0 Å². The van der Waals surface area contributed by atoms with Gasteiger partial charge in [0.1, 0.15) is 19.2 Å². The predicted molar refractivity (Wildman–Crippen MR) is 71.4 cm³/mol. The average molecular weight is 279 g/mol. The van der Waals surface area contributed by atoms with E-state index in [2.05, 4.69) is 10.6 Å². The van der Waals surface area contributed by atoms with Crippen LogP contribution in [0.4, 0.5) is 4.79 Å². The molecule has 1 atom stereocenters. The molecule has 0 radical (unpaired) electrons. The van der Waals surface area contributed by atoms with Gasteiger partial charge in [-0.05, 0) is 12.5 Å². The van der Waals surface area contributed by atoms with E-state index in [1.165, 1.54) is 6.92 Å². The Kier molecular flexibility index (Phi) is 6.02. The van der Waals surface area contributed by atoms with Crippen molar-refractivity contribution < 1.29 is 19.1 Å². The van der Waals surface area contributed by atoms with E-state index in [-0.39, 0.29) is 13.2 Å². The number of carbonyl (C=O) groups is 3. The quantitative estimate of drug-likeness (QED) is 0.631. The third kappa shape index (κ3) is 5.85. The highest BCUT2D eigenvalue weighted by molar-refractivity contribution is 5.88. The van der Waals surface area contributed by atoms with E-state index in [4.69, 9.17) is 10.5 Å². The summed E-state index contributed by atoms with van der Waals surface area (Å²) in [5.41, 5.74) is 5.73. The maximum Gasteiger partial charge on any atom is 0.325 e. The zero-order valence-corrected chi connectivity index (χ0v) is 11.1.